The third-order valence-electron chi connectivity index (χ3n) is 1.48. The largest absolute Gasteiger partial charge is 0.288 e. The molecule has 0 aromatic carbocycles. The van der Waals surface area contributed by atoms with Crippen molar-refractivity contribution in [2.75, 3.05) is 0 Å². The molecule has 0 saturated heterocycles. The van der Waals surface area contributed by atoms with Crippen molar-refractivity contribution >= 4 is 23.6 Å². The van der Waals surface area contributed by atoms with E-state index in [0.717, 1.165) is 6.54 Å². The van der Waals surface area contributed by atoms with Crippen molar-refractivity contribution in [2.24, 2.45) is 4.99 Å². The number of thiophene rings is 1. The zero-order valence-corrected chi connectivity index (χ0v) is 6.27. The molecule has 1 aromatic rings. The van der Waals surface area contributed by atoms with Gasteiger partial charge < -0.3 is 0 Å². The van der Waals surface area contributed by atoms with Gasteiger partial charge in [-0.1, -0.05) is 6.08 Å². The van der Waals surface area contributed by atoms with Gasteiger partial charge in [0.15, 0.2) is 0 Å². The number of rotatable bonds is 0. The van der Waals surface area contributed by atoms with Gasteiger partial charge in [-0.15, -0.1) is 11.3 Å². The summed E-state index contributed by atoms with van der Waals surface area (Å²) in [7, 11) is 0. The van der Waals surface area contributed by atoms with Crippen LogP contribution in [0, 0.1) is 0 Å². The third kappa shape index (κ3) is 0.907. The Bertz CT molecular complexity index is 283. The lowest BCUT2D eigenvalue weighted by Gasteiger charge is -1.88. The van der Waals surface area contributed by atoms with Crippen LogP contribution in [0.1, 0.15) is 10.4 Å². The van der Waals surface area contributed by atoms with Crippen LogP contribution in [0.25, 0.3) is 6.08 Å². The minimum absolute atomic E-state index is 0.847. The van der Waals surface area contributed by atoms with Gasteiger partial charge in [-0.3, -0.25) is 4.99 Å². The number of aliphatic imine (C=N–C) groups is 1. The molecule has 0 radical (unpaired) electrons. The molecule has 0 fully saturated rings. The summed E-state index contributed by atoms with van der Waals surface area (Å²) in [5, 5.41) is 2.11. The summed E-state index contributed by atoms with van der Waals surface area (Å²) < 4.78 is 0. The van der Waals surface area contributed by atoms with Crippen molar-refractivity contribution in [3.63, 3.8) is 0 Å². The maximum absolute atomic E-state index is 4.18. The summed E-state index contributed by atoms with van der Waals surface area (Å²) in [6.07, 6.45) is 5.94. The molecule has 1 aromatic heterocycles. The van der Waals surface area contributed by atoms with Crippen molar-refractivity contribution in [1.29, 1.82) is 0 Å². The Kier molecular flexibility index (Phi) is 1.40. The molecule has 0 amide bonds. The maximum Gasteiger partial charge on any atom is 0.0738 e. The predicted molar refractivity (Wildman–Crippen MR) is 45.5 cm³/mol. The molecule has 0 unspecified atom stereocenters. The molecule has 0 bridgehead atoms. The maximum atomic E-state index is 4.18. The Balaban J connectivity index is 2.50. The summed E-state index contributed by atoms with van der Waals surface area (Å²) in [6.45, 7) is 0.847. The topological polar surface area (TPSA) is 12.4 Å². The first-order valence-corrected chi connectivity index (χ1v) is 4.07. The van der Waals surface area contributed by atoms with E-state index in [1.54, 1.807) is 11.3 Å². The molecule has 0 saturated carbocycles. The molecule has 0 atom stereocenters. The van der Waals surface area contributed by atoms with E-state index in [4.69, 9.17) is 0 Å². The normalized spacial score (nSPS) is 14.8. The van der Waals surface area contributed by atoms with Crippen LogP contribution in [0.5, 0.6) is 0 Å². The van der Waals surface area contributed by atoms with E-state index in [1.807, 2.05) is 12.3 Å². The van der Waals surface area contributed by atoms with Crippen molar-refractivity contribution in [3.05, 3.63) is 28.0 Å². The Morgan fingerprint density at radius 1 is 1.50 bits per heavy atom. The van der Waals surface area contributed by atoms with Crippen LogP contribution < -0.4 is 0 Å². The highest BCUT2D eigenvalue weighted by atomic mass is 32.1. The molecular formula is C8H7NS. The van der Waals surface area contributed by atoms with Crippen LogP contribution in [-0.2, 0) is 6.54 Å². The number of hydrogen-bond donors (Lipinski definition) is 0. The van der Waals surface area contributed by atoms with E-state index in [-0.39, 0.29) is 0 Å². The molecule has 2 rings (SSSR count). The first-order valence-electron chi connectivity index (χ1n) is 3.20. The molecule has 0 N–H and O–H groups in total. The second-order valence-corrected chi connectivity index (χ2v) is 3.15. The summed E-state index contributed by atoms with van der Waals surface area (Å²) in [4.78, 5) is 5.55. The SMILES string of the molecule is C1=Cc2ccsc2CN=C1. The Labute approximate surface area is 63.7 Å². The standard InChI is InChI=1S/C8H7NS/c1-2-7-3-5-10-8(7)6-9-4-1/h1-5H,6H2. The van der Waals surface area contributed by atoms with Crippen LogP contribution in [0.2, 0.25) is 0 Å². The molecule has 1 aliphatic heterocycles. The average Bonchev–Trinajstić information content (AvgIpc) is 2.28. The quantitative estimate of drug-likeness (QED) is 0.537. The summed E-state index contributed by atoms with van der Waals surface area (Å²) in [5.41, 5.74) is 1.32. The lowest BCUT2D eigenvalue weighted by molar-refractivity contribution is 1.11. The van der Waals surface area contributed by atoms with Gasteiger partial charge in [0.2, 0.25) is 0 Å². The first kappa shape index (κ1) is 5.86. The highest BCUT2D eigenvalue weighted by Crippen LogP contribution is 2.20. The van der Waals surface area contributed by atoms with Crippen LogP contribution in [0.15, 0.2) is 22.5 Å². The fourth-order valence-electron chi connectivity index (χ4n) is 0.971. The van der Waals surface area contributed by atoms with Crippen LogP contribution in [-0.4, -0.2) is 6.21 Å². The van der Waals surface area contributed by atoms with E-state index in [1.165, 1.54) is 10.4 Å². The summed E-state index contributed by atoms with van der Waals surface area (Å²) in [5.74, 6) is 0. The second kappa shape index (κ2) is 2.39. The predicted octanol–water partition coefficient (Wildman–Crippen LogP) is 2.35. The van der Waals surface area contributed by atoms with E-state index >= 15 is 0 Å². The first-order chi connectivity index (χ1) is 4.97. The monoisotopic (exact) mass is 149 g/mol. The van der Waals surface area contributed by atoms with Crippen LogP contribution in [0.4, 0.5) is 0 Å². The van der Waals surface area contributed by atoms with Gasteiger partial charge >= 0.3 is 0 Å². The van der Waals surface area contributed by atoms with Gasteiger partial charge in [0.25, 0.3) is 0 Å². The number of fused-ring (bicyclic) bond motifs is 1. The third-order valence-corrected chi connectivity index (χ3v) is 2.40. The van der Waals surface area contributed by atoms with Crippen molar-refractivity contribution in [1.82, 2.24) is 0 Å². The number of allylic oxidation sites excluding steroid dienone is 1. The number of hydrogen-bond acceptors (Lipinski definition) is 2. The molecule has 1 nitrogen and oxygen atoms in total. The van der Waals surface area contributed by atoms with Gasteiger partial charge in [-0.25, -0.2) is 0 Å². The van der Waals surface area contributed by atoms with Crippen LogP contribution in [0.3, 0.4) is 0 Å². The Hall–Kier alpha value is -0.890. The fraction of sp³-hybridized carbons (Fsp3) is 0.125. The average molecular weight is 149 g/mol. The van der Waals surface area contributed by atoms with Crippen molar-refractivity contribution < 1.29 is 0 Å². The van der Waals surface area contributed by atoms with Gasteiger partial charge in [0.1, 0.15) is 0 Å². The molecule has 1 aliphatic rings. The van der Waals surface area contributed by atoms with E-state index in [0.29, 0.717) is 0 Å². The highest BCUT2D eigenvalue weighted by molar-refractivity contribution is 7.10. The molecule has 2 heteroatoms. The van der Waals surface area contributed by atoms with Crippen molar-refractivity contribution in [2.45, 2.75) is 6.54 Å². The smallest absolute Gasteiger partial charge is 0.0738 e. The minimum Gasteiger partial charge on any atom is -0.288 e. The molecule has 50 valence electrons. The van der Waals surface area contributed by atoms with E-state index < -0.39 is 0 Å². The van der Waals surface area contributed by atoms with Gasteiger partial charge in [0, 0.05) is 11.1 Å². The minimum atomic E-state index is 0.847. The van der Waals surface area contributed by atoms with Crippen molar-refractivity contribution in [3.8, 4) is 0 Å². The molecule has 0 spiro atoms. The molecular weight excluding hydrogens is 142 g/mol. The van der Waals surface area contributed by atoms with E-state index in [2.05, 4.69) is 22.5 Å². The van der Waals surface area contributed by atoms with E-state index in [9.17, 15) is 0 Å². The summed E-state index contributed by atoms with van der Waals surface area (Å²) >= 11 is 1.77. The molecule has 10 heavy (non-hydrogen) atoms. The fourth-order valence-corrected chi connectivity index (χ4v) is 1.77. The van der Waals surface area contributed by atoms with Gasteiger partial charge in [0.05, 0.1) is 6.54 Å². The lowest BCUT2D eigenvalue weighted by atomic mass is 10.2. The zero-order chi connectivity index (χ0) is 6.81. The summed E-state index contributed by atoms with van der Waals surface area (Å²) in [6, 6.07) is 2.13. The second-order valence-electron chi connectivity index (χ2n) is 2.15. The van der Waals surface area contributed by atoms with Gasteiger partial charge in [-0.2, -0.15) is 0 Å². The molecule has 2 heterocycles. The highest BCUT2D eigenvalue weighted by Gasteiger charge is 2.00. The Morgan fingerprint density at radius 2 is 2.50 bits per heavy atom. The Morgan fingerprint density at radius 3 is 3.50 bits per heavy atom. The lowest BCUT2D eigenvalue weighted by Crippen LogP contribution is -1.74. The number of nitrogens with zero attached hydrogens (tertiary/aromatic N) is 1. The van der Waals surface area contributed by atoms with Gasteiger partial charge in [-0.05, 0) is 23.1 Å². The zero-order valence-electron chi connectivity index (χ0n) is 5.45. The molecule has 0 aliphatic carbocycles. The van der Waals surface area contributed by atoms with Crippen LogP contribution >= 0.6 is 11.3 Å².